The van der Waals surface area contributed by atoms with E-state index in [2.05, 4.69) is 28.5 Å². The second kappa shape index (κ2) is 8.65. The summed E-state index contributed by atoms with van der Waals surface area (Å²) in [6, 6.07) is 5.10. The van der Waals surface area contributed by atoms with Gasteiger partial charge in [-0.25, -0.2) is 4.98 Å². The number of para-hydroxylation sites is 1. The standard InChI is InChI=1S/C16H20Cl2N4OS/c1-4-22(16-19-13(21-24-16)8-10(2)3)9-14(23)20-15-11(17)6-5-7-12(15)18/h5-7,10H,4,8-9H2,1-3H3,(H,20,23). The summed E-state index contributed by atoms with van der Waals surface area (Å²) >= 11 is 13.5. The molecule has 1 heterocycles. The summed E-state index contributed by atoms with van der Waals surface area (Å²) in [6.45, 7) is 7.03. The zero-order valence-electron chi connectivity index (χ0n) is 13.8. The minimum atomic E-state index is -0.201. The third-order valence-corrected chi connectivity index (χ3v) is 4.71. The van der Waals surface area contributed by atoms with Gasteiger partial charge in [0.1, 0.15) is 5.82 Å². The highest BCUT2D eigenvalue weighted by molar-refractivity contribution is 7.09. The summed E-state index contributed by atoms with van der Waals surface area (Å²) < 4.78 is 4.36. The van der Waals surface area contributed by atoms with Crippen LogP contribution in [0.4, 0.5) is 10.8 Å². The number of aromatic nitrogens is 2. The van der Waals surface area contributed by atoms with Crippen LogP contribution in [-0.2, 0) is 11.2 Å². The number of hydrogen-bond acceptors (Lipinski definition) is 5. The first-order valence-electron chi connectivity index (χ1n) is 7.72. The monoisotopic (exact) mass is 386 g/mol. The first-order valence-corrected chi connectivity index (χ1v) is 9.25. The Morgan fingerprint density at radius 1 is 1.33 bits per heavy atom. The van der Waals surface area contributed by atoms with E-state index in [1.54, 1.807) is 18.2 Å². The van der Waals surface area contributed by atoms with Crippen LogP contribution < -0.4 is 10.2 Å². The predicted molar refractivity (Wildman–Crippen MR) is 101 cm³/mol. The molecule has 0 aliphatic heterocycles. The molecule has 0 saturated carbocycles. The molecule has 5 nitrogen and oxygen atoms in total. The molecule has 1 aromatic carbocycles. The van der Waals surface area contributed by atoms with Crippen molar-refractivity contribution in [3.63, 3.8) is 0 Å². The van der Waals surface area contributed by atoms with E-state index in [1.165, 1.54) is 11.5 Å². The minimum Gasteiger partial charge on any atom is -0.338 e. The van der Waals surface area contributed by atoms with Crippen LogP contribution in [0.2, 0.25) is 10.0 Å². The van der Waals surface area contributed by atoms with E-state index in [0.29, 0.717) is 28.2 Å². The maximum Gasteiger partial charge on any atom is 0.244 e. The summed E-state index contributed by atoms with van der Waals surface area (Å²) in [6.07, 6.45) is 0.829. The number of likely N-dealkylation sites (N-methyl/N-ethyl adjacent to an activating group) is 1. The maximum absolute atomic E-state index is 12.3. The van der Waals surface area contributed by atoms with Crippen LogP contribution in [0.5, 0.6) is 0 Å². The molecule has 0 fully saturated rings. The average Bonchev–Trinajstić information content (AvgIpc) is 2.96. The number of anilines is 2. The van der Waals surface area contributed by atoms with Crippen molar-refractivity contribution in [1.29, 1.82) is 0 Å². The quantitative estimate of drug-likeness (QED) is 0.760. The van der Waals surface area contributed by atoms with E-state index in [4.69, 9.17) is 23.2 Å². The van der Waals surface area contributed by atoms with Crippen LogP contribution in [-0.4, -0.2) is 28.4 Å². The lowest BCUT2D eigenvalue weighted by Gasteiger charge is -2.19. The fraction of sp³-hybridized carbons (Fsp3) is 0.438. The summed E-state index contributed by atoms with van der Waals surface area (Å²) in [5, 5.41) is 4.33. The average molecular weight is 387 g/mol. The number of nitrogens with zero attached hydrogens (tertiary/aromatic N) is 3. The number of nitrogens with one attached hydrogen (secondary N) is 1. The van der Waals surface area contributed by atoms with Crippen molar-refractivity contribution < 1.29 is 4.79 Å². The van der Waals surface area contributed by atoms with Gasteiger partial charge in [0.2, 0.25) is 11.0 Å². The van der Waals surface area contributed by atoms with E-state index >= 15 is 0 Å². The highest BCUT2D eigenvalue weighted by Crippen LogP contribution is 2.29. The van der Waals surface area contributed by atoms with Crippen molar-refractivity contribution in [1.82, 2.24) is 9.36 Å². The fourth-order valence-corrected chi connectivity index (χ4v) is 3.36. The molecule has 0 atom stereocenters. The van der Waals surface area contributed by atoms with Crippen molar-refractivity contribution in [3.8, 4) is 0 Å². The van der Waals surface area contributed by atoms with Gasteiger partial charge >= 0.3 is 0 Å². The van der Waals surface area contributed by atoms with Gasteiger partial charge in [0, 0.05) is 24.5 Å². The lowest BCUT2D eigenvalue weighted by Crippen LogP contribution is -2.33. The normalized spacial score (nSPS) is 10.9. The molecule has 0 unspecified atom stereocenters. The first kappa shape index (κ1) is 19.0. The van der Waals surface area contributed by atoms with Crippen molar-refractivity contribution >= 4 is 51.5 Å². The largest absolute Gasteiger partial charge is 0.338 e. The number of carbonyl (C=O) groups excluding carboxylic acids is 1. The molecule has 0 bridgehead atoms. The van der Waals surface area contributed by atoms with Gasteiger partial charge in [-0.15, -0.1) is 0 Å². The van der Waals surface area contributed by atoms with Gasteiger partial charge in [0.15, 0.2) is 0 Å². The second-order valence-corrected chi connectivity index (χ2v) is 7.29. The van der Waals surface area contributed by atoms with E-state index in [9.17, 15) is 4.79 Å². The van der Waals surface area contributed by atoms with Gasteiger partial charge < -0.3 is 10.2 Å². The van der Waals surface area contributed by atoms with Crippen molar-refractivity contribution in [2.45, 2.75) is 27.2 Å². The highest BCUT2D eigenvalue weighted by Gasteiger charge is 2.17. The lowest BCUT2D eigenvalue weighted by molar-refractivity contribution is -0.115. The third kappa shape index (κ3) is 5.06. The summed E-state index contributed by atoms with van der Waals surface area (Å²) in [5.74, 6) is 1.11. The topological polar surface area (TPSA) is 58.1 Å². The molecule has 0 radical (unpaired) electrons. The molecule has 24 heavy (non-hydrogen) atoms. The molecular weight excluding hydrogens is 367 g/mol. The zero-order valence-corrected chi connectivity index (χ0v) is 16.2. The van der Waals surface area contributed by atoms with E-state index in [0.717, 1.165) is 17.4 Å². The molecule has 0 spiro atoms. The van der Waals surface area contributed by atoms with Crippen LogP contribution in [0.25, 0.3) is 0 Å². The summed E-state index contributed by atoms with van der Waals surface area (Å²) in [5.41, 5.74) is 0.430. The predicted octanol–water partition coefficient (Wildman–Crippen LogP) is 4.51. The molecule has 0 aliphatic rings. The Kier molecular flexibility index (Phi) is 6.83. The SMILES string of the molecule is CCN(CC(=O)Nc1c(Cl)cccc1Cl)c1nc(CC(C)C)ns1. The first-order chi connectivity index (χ1) is 11.4. The maximum atomic E-state index is 12.3. The minimum absolute atomic E-state index is 0.161. The Morgan fingerprint density at radius 2 is 2.00 bits per heavy atom. The molecule has 1 N–H and O–H groups in total. The Morgan fingerprint density at radius 3 is 2.58 bits per heavy atom. The van der Waals surface area contributed by atoms with Gasteiger partial charge in [-0.2, -0.15) is 4.37 Å². The van der Waals surface area contributed by atoms with Gasteiger partial charge in [0.05, 0.1) is 22.3 Å². The number of hydrogen-bond donors (Lipinski definition) is 1. The zero-order chi connectivity index (χ0) is 17.7. The van der Waals surface area contributed by atoms with Gasteiger partial charge in [-0.1, -0.05) is 43.1 Å². The Bertz CT molecular complexity index is 685. The fourth-order valence-electron chi connectivity index (χ4n) is 2.11. The molecule has 2 aromatic rings. The number of amides is 1. The molecule has 0 saturated heterocycles. The summed E-state index contributed by atoms with van der Waals surface area (Å²) in [4.78, 5) is 18.7. The van der Waals surface area contributed by atoms with Crippen molar-refractivity contribution in [2.24, 2.45) is 5.92 Å². The molecule has 1 amide bonds. The number of halogens is 2. The number of carbonyl (C=O) groups is 1. The highest BCUT2D eigenvalue weighted by atomic mass is 35.5. The van der Waals surface area contributed by atoms with Crippen LogP contribution in [0.1, 0.15) is 26.6 Å². The van der Waals surface area contributed by atoms with Crippen molar-refractivity contribution in [2.75, 3.05) is 23.3 Å². The Labute approximate surface area is 156 Å². The van der Waals surface area contributed by atoms with E-state index < -0.39 is 0 Å². The van der Waals surface area contributed by atoms with E-state index in [1.807, 2.05) is 11.8 Å². The second-order valence-electron chi connectivity index (χ2n) is 5.75. The van der Waals surface area contributed by atoms with Crippen LogP contribution in [0, 0.1) is 5.92 Å². The lowest BCUT2D eigenvalue weighted by atomic mass is 10.1. The van der Waals surface area contributed by atoms with E-state index in [-0.39, 0.29) is 12.5 Å². The van der Waals surface area contributed by atoms with Crippen LogP contribution in [0.3, 0.4) is 0 Å². The van der Waals surface area contributed by atoms with Crippen molar-refractivity contribution in [3.05, 3.63) is 34.1 Å². The van der Waals surface area contributed by atoms with Crippen LogP contribution >= 0.6 is 34.7 Å². The smallest absolute Gasteiger partial charge is 0.244 e. The Hall–Kier alpha value is -1.37. The molecular formula is C16H20Cl2N4OS. The van der Waals surface area contributed by atoms with Gasteiger partial charge in [0.25, 0.3) is 0 Å². The van der Waals surface area contributed by atoms with Gasteiger partial charge in [-0.3, -0.25) is 4.79 Å². The number of benzene rings is 1. The Balaban J connectivity index is 2.04. The third-order valence-electron chi connectivity index (χ3n) is 3.26. The summed E-state index contributed by atoms with van der Waals surface area (Å²) in [7, 11) is 0. The molecule has 8 heteroatoms. The molecule has 0 aliphatic carbocycles. The number of rotatable bonds is 7. The molecule has 2 rings (SSSR count). The molecule has 130 valence electrons. The van der Waals surface area contributed by atoms with Gasteiger partial charge in [-0.05, 0) is 25.0 Å². The molecule has 1 aromatic heterocycles. The van der Waals surface area contributed by atoms with Crippen LogP contribution in [0.15, 0.2) is 18.2 Å².